The summed E-state index contributed by atoms with van der Waals surface area (Å²) < 4.78 is 12.4. The van der Waals surface area contributed by atoms with E-state index in [1.165, 1.54) is 11.1 Å². The highest BCUT2D eigenvalue weighted by atomic mass is 28.4. The van der Waals surface area contributed by atoms with Gasteiger partial charge in [0.15, 0.2) is 0 Å². The molecule has 0 spiro atoms. The van der Waals surface area contributed by atoms with Crippen LogP contribution >= 0.6 is 0 Å². The van der Waals surface area contributed by atoms with E-state index in [2.05, 4.69) is 51.6 Å². The number of rotatable bonds is 12. The van der Waals surface area contributed by atoms with Gasteiger partial charge in [0, 0.05) is 13.2 Å². The van der Waals surface area contributed by atoms with Crippen LogP contribution in [-0.4, -0.2) is 21.8 Å². The van der Waals surface area contributed by atoms with Gasteiger partial charge in [-0.2, -0.15) is 0 Å². The smallest absolute Gasteiger partial charge is 0.338 e. The minimum Gasteiger partial charge on any atom is -0.394 e. The van der Waals surface area contributed by atoms with Gasteiger partial charge >= 0.3 is 8.56 Å². The second kappa shape index (κ2) is 10.8. The van der Waals surface area contributed by atoms with Crippen molar-refractivity contribution in [3.8, 4) is 0 Å². The van der Waals surface area contributed by atoms with Crippen molar-refractivity contribution in [3.63, 3.8) is 0 Å². The van der Waals surface area contributed by atoms with Crippen LogP contribution in [0.15, 0.2) is 30.8 Å². The molecule has 0 saturated carbocycles. The number of hydrogen-bond donors (Lipinski definition) is 0. The van der Waals surface area contributed by atoms with Gasteiger partial charge in [0.2, 0.25) is 0 Å². The standard InChI is InChI=1S/C19H32O2Si/c1-5-15-22(16-6-2,20-8-4)21-14-10-13-19-12-9-11-18(7-3)17-19/h7,9,11-12,17H,3,5-6,8,10,13-16H2,1-2,4H3. The Balaban J connectivity index is 2.48. The number of aryl methyl sites for hydroxylation is 1. The van der Waals surface area contributed by atoms with Crippen LogP contribution in [0.2, 0.25) is 12.1 Å². The molecule has 1 aromatic rings. The highest BCUT2D eigenvalue weighted by Crippen LogP contribution is 2.23. The Hall–Kier alpha value is -0.903. The first-order chi connectivity index (χ1) is 10.7. The van der Waals surface area contributed by atoms with E-state index < -0.39 is 8.56 Å². The fourth-order valence-corrected chi connectivity index (χ4v) is 6.37. The first-order valence-electron chi connectivity index (χ1n) is 8.69. The molecular weight excluding hydrogens is 288 g/mol. The molecule has 2 nitrogen and oxygen atoms in total. The van der Waals surface area contributed by atoms with Gasteiger partial charge in [-0.3, -0.25) is 0 Å². The van der Waals surface area contributed by atoms with Gasteiger partial charge in [-0.15, -0.1) is 0 Å². The van der Waals surface area contributed by atoms with Crippen molar-refractivity contribution in [1.82, 2.24) is 0 Å². The third kappa shape index (κ3) is 6.47. The van der Waals surface area contributed by atoms with Crippen molar-refractivity contribution in [1.29, 1.82) is 0 Å². The average Bonchev–Trinajstić information content (AvgIpc) is 2.53. The van der Waals surface area contributed by atoms with E-state index in [9.17, 15) is 0 Å². The van der Waals surface area contributed by atoms with E-state index in [-0.39, 0.29) is 0 Å². The summed E-state index contributed by atoms with van der Waals surface area (Å²) in [6.07, 6.45) is 6.29. The van der Waals surface area contributed by atoms with Gasteiger partial charge < -0.3 is 8.85 Å². The van der Waals surface area contributed by atoms with E-state index in [4.69, 9.17) is 8.85 Å². The molecule has 0 bridgehead atoms. The molecule has 0 fully saturated rings. The molecule has 0 atom stereocenters. The summed E-state index contributed by atoms with van der Waals surface area (Å²) in [6.45, 7) is 11.9. The van der Waals surface area contributed by atoms with Crippen LogP contribution < -0.4 is 0 Å². The maximum atomic E-state index is 6.33. The molecular formula is C19H32O2Si. The monoisotopic (exact) mass is 320 g/mol. The Morgan fingerprint density at radius 1 is 1.09 bits per heavy atom. The van der Waals surface area contributed by atoms with E-state index in [0.29, 0.717) is 0 Å². The summed E-state index contributed by atoms with van der Waals surface area (Å²) in [6, 6.07) is 10.8. The highest BCUT2D eigenvalue weighted by molar-refractivity contribution is 6.67. The molecule has 0 N–H and O–H groups in total. The second-order valence-electron chi connectivity index (χ2n) is 5.74. The largest absolute Gasteiger partial charge is 0.394 e. The molecule has 0 heterocycles. The van der Waals surface area contributed by atoms with E-state index in [0.717, 1.165) is 51.0 Å². The van der Waals surface area contributed by atoms with Crippen molar-refractivity contribution in [2.45, 2.75) is 58.5 Å². The van der Waals surface area contributed by atoms with Gasteiger partial charge in [-0.05, 0) is 43.0 Å². The van der Waals surface area contributed by atoms with Crippen LogP contribution in [0.25, 0.3) is 6.08 Å². The molecule has 0 aliphatic carbocycles. The molecule has 1 rings (SSSR count). The predicted molar refractivity (Wildman–Crippen MR) is 98.4 cm³/mol. The molecule has 1 aromatic carbocycles. The third-order valence-electron chi connectivity index (χ3n) is 3.83. The summed E-state index contributed by atoms with van der Waals surface area (Å²) in [7, 11) is -1.97. The first-order valence-corrected chi connectivity index (χ1v) is 10.9. The van der Waals surface area contributed by atoms with Crippen LogP contribution in [0.1, 0.15) is 51.2 Å². The molecule has 0 aliphatic heterocycles. The summed E-state index contributed by atoms with van der Waals surface area (Å²) in [4.78, 5) is 0. The second-order valence-corrected chi connectivity index (χ2v) is 9.14. The van der Waals surface area contributed by atoms with Crippen molar-refractivity contribution in [2.75, 3.05) is 13.2 Å². The van der Waals surface area contributed by atoms with Gasteiger partial charge in [-0.25, -0.2) is 0 Å². The quantitative estimate of drug-likeness (QED) is 0.370. The third-order valence-corrected chi connectivity index (χ3v) is 7.90. The molecule has 3 heteroatoms. The number of hydrogen-bond acceptors (Lipinski definition) is 2. The maximum Gasteiger partial charge on any atom is 0.338 e. The van der Waals surface area contributed by atoms with Crippen LogP contribution in [0, 0.1) is 0 Å². The molecule has 0 saturated heterocycles. The molecule has 22 heavy (non-hydrogen) atoms. The van der Waals surface area contributed by atoms with Crippen molar-refractivity contribution in [2.24, 2.45) is 0 Å². The van der Waals surface area contributed by atoms with Gasteiger partial charge in [0.25, 0.3) is 0 Å². The zero-order valence-corrected chi connectivity index (χ0v) is 15.6. The molecule has 0 aliphatic rings. The van der Waals surface area contributed by atoms with E-state index in [1.54, 1.807) is 0 Å². The first kappa shape index (κ1) is 19.1. The predicted octanol–water partition coefficient (Wildman–Crippen LogP) is 5.58. The Kier molecular flexibility index (Phi) is 9.36. The van der Waals surface area contributed by atoms with Gasteiger partial charge in [-0.1, -0.05) is 63.6 Å². The zero-order chi connectivity index (χ0) is 16.3. The van der Waals surface area contributed by atoms with Crippen LogP contribution in [0.3, 0.4) is 0 Å². The highest BCUT2D eigenvalue weighted by Gasteiger charge is 2.35. The Labute approximate surface area is 137 Å². The average molecular weight is 321 g/mol. The molecule has 0 radical (unpaired) electrons. The van der Waals surface area contributed by atoms with Crippen LogP contribution in [0.4, 0.5) is 0 Å². The van der Waals surface area contributed by atoms with Crippen molar-refractivity contribution < 1.29 is 8.85 Å². The van der Waals surface area contributed by atoms with E-state index in [1.807, 2.05) is 6.08 Å². The summed E-state index contributed by atoms with van der Waals surface area (Å²) in [5.41, 5.74) is 2.55. The zero-order valence-electron chi connectivity index (χ0n) is 14.6. The SMILES string of the molecule is C=Cc1cccc(CCCO[Si](CCC)(CCC)OCC)c1. The minimum atomic E-state index is -1.97. The normalized spacial score (nSPS) is 11.6. The minimum absolute atomic E-state index is 0.771. The lowest BCUT2D eigenvalue weighted by molar-refractivity contribution is 0.171. The summed E-state index contributed by atoms with van der Waals surface area (Å²) in [5, 5.41) is 0. The fourth-order valence-electron chi connectivity index (χ4n) is 2.89. The number of benzene rings is 1. The molecule has 0 aromatic heterocycles. The summed E-state index contributed by atoms with van der Waals surface area (Å²) in [5.74, 6) is 0. The molecule has 124 valence electrons. The molecule has 0 amide bonds. The van der Waals surface area contributed by atoms with E-state index >= 15 is 0 Å². The Morgan fingerprint density at radius 2 is 1.82 bits per heavy atom. The van der Waals surface area contributed by atoms with Gasteiger partial charge in [0.1, 0.15) is 0 Å². The lowest BCUT2D eigenvalue weighted by atomic mass is 10.1. The maximum absolute atomic E-state index is 6.33. The van der Waals surface area contributed by atoms with Gasteiger partial charge in [0.05, 0.1) is 0 Å². The lowest BCUT2D eigenvalue weighted by Gasteiger charge is -2.30. The van der Waals surface area contributed by atoms with Crippen LogP contribution in [0.5, 0.6) is 0 Å². The summed E-state index contributed by atoms with van der Waals surface area (Å²) >= 11 is 0. The fraction of sp³-hybridized carbons (Fsp3) is 0.579. The Bertz CT molecular complexity index is 414. The Morgan fingerprint density at radius 3 is 2.41 bits per heavy atom. The van der Waals surface area contributed by atoms with Crippen LogP contribution in [-0.2, 0) is 15.3 Å². The van der Waals surface area contributed by atoms with Crippen molar-refractivity contribution in [3.05, 3.63) is 42.0 Å². The molecule has 0 unspecified atom stereocenters. The topological polar surface area (TPSA) is 18.5 Å². The van der Waals surface area contributed by atoms with Crippen molar-refractivity contribution >= 4 is 14.6 Å². The lowest BCUT2D eigenvalue weighted by Crippen LogP contribution is -2.42.